The predicted octanol–water partition coefficient (Wildman–Crippen LogP) is 4.13. The number of carbonyl (C=O) groups is 1. The second-order valence-electron chi connectivity index (χ2n) is 11.0. The lowest BCUT2D eigenvalue weighted by Gasteiger charge is -2.65. The minimum absolute atomic E-state index is 0.0228. The van der Waals surface area contributed by atoms with E-state index in [2.05, 4.69) is 36.6 Å². The number of aromatic hydroxyl groups is 1. The van der Waals surface area contributed by atoms with E-state index >= 15 is 0 Å². The van der Waals surface area contributed by atoms with Crippen LogP contribution in [0, 0.1) is 6.92 Å². The van der Waals surface area contributed by atoms with Crippen molar-refractivity contribution in [3.05, 3.63) is 77.4 Å². The summed E-state index contributed by atoms with van der Waals surface area (Å²) in [4.78, 5) is 17.6. The van der Waals surface area contributed by atoms with Gasteiger partial charge in [-0.25, -0.2) is 0 Å². The lowest BCUT2D eigenvalue weighted by Crippen LogP contribution is -2.74. The fourth-order valence-corrected chi connectivity index (χ4v) is 7.29. The molecule has 2 aromatic rings. The van der Waals surface area contributed by atoms with Gasteiger partial charge in [-0.1, -0.05) is 42.0 Å². The van der Waals surface area contributed by atoms with Crippen LogP contribution in [0.5, 0.6) is 5.75 Å². The van der Waals surface area contributed by atoms with Gasteiger partial charge in [0.1, 0.15) is 5.75 Å². The normalized spacial score (nSPS) is 29.7. The number of aliphatic hydroxyl groups is 1. The summed E-state index contributed by atoms with van der Waals surface area (Å²) in [6.07, 6.45) is 6.91. The third-order valence-corrected chi connectivity index (χ3v) is 9.13. The average Bonchev–Trinajstić information content (AvgIpc) is 2.84. The first kappa shape index (κ1) is 24.1. The maximum absolute atomic E-state index is 13.3. The van der Waals surface area contributed by atoms with E-state index in [-0.39, 0.29) is 23.7 Å². The fourth-order valence-electron chi connectivity index (χ4n) is 7.29. The zero-order valence-corrected chi connectivity index (χ0v) is 21.0. The largest absolute Gasteiger partial charge is 0.508 e. The van der Waals surface area contributed by atoms with Gasteiger partial charge in [-0.2, -0.15) is 0 Å². The Morgan fingerprint density at radius 1 is 1.26 bits per heavy atom. The molecule has 5 rings (SSSR count). The molecule has 4 atom stereocenters. The highest BCUT2D eigenvalue weighted by Gasteiger charge is 2.64. The summed E-state index contributed by atoms with van der Waals surface area (Å²) in [6.45, 7) is 7.66. The van der Waals surface area contributed by atoms with Crippen molar-refractivity contribution in [2.45, 2.75) is 75.0 Å². The molecule has 35 heavy (non-hydrogen) atoms. The van der Waals surface area contributed by atoms with Gasteiger partial charge in [0.05, 0.1) is 5.60 Å². The van der Waals surface area contributed by atoms with Crippen molar-refractivity contribution in [2.75, 3.05) is 20.1 Å². The van der Waals surface area contributed by atoms with Gasteiger partial charge in [-0.05, 0) is 80.8 Å². The van der Waals surface area contributed by atoms with E-state index in [4.69, 9.17) is 0 Å². The first-order chi connectivity index (χ1) is 16.8. The second-order valence-corrected chi connectivity index (χ2v) is 11.0. The molecule has 1 saturated heterocycles. The van der Waals surface area contributed by atoms with Crippen molar-refractivity contribution < 1.29 is 15.0 Å². The number of hydrogen-bond donors (Lipinski definition) is 2. The summed E-state index contributed by atoms with van der Waals surface area (Å²) in [5.74, 6) is 0.406. The van der Waals surface area contributed by atoms with Gasteiger partial charge in [-0.3, -0.25) is 9.69 Å². The fraction of sp³-hybridized carbons (Fsp3) is 0.500. The first-order valence-electron chi connectivity index (χ1n) is 13.0. The van der Waals surface area contributed by atoms with Gasteiger partial charge < -0.3 is 15.1 Å². The number of phenols is 1. The quantitative estimate of drug-likeness (QED) is 0.618. The molecular formula is C30H38N2O3. The summed E-state index contributed by atoms with van der Waals surface area (Å²) >= 11 is 0. The summed E-state index contributed by atoms with van der Waals surface area (Å²) in [5, 5.41) is 22.7. The molecule has 186 valence electrons. The van der Waals surface area contributed by atoms with Crippen LogP contribution < -0.4 is 0 Å². The molecule has 0 aromatic heterocycles. The number of rotatable bonds is 6. The highest BCUT2D eigenvalue weighted by molar-refractivity contribution is 5.76. The van der Waals surface area contributed by atoms with Crippen LogP contribution in [-0.4, -0.2) is 63.7 Å². The Kier molecular flexibility index (Phi) is 6.27. The number of nitrogens with zero attached hydrogens (tertiary/aromatic N) is 2. The van der Waals surface area contributed by atoms with Crippen molar-refractivity contribution >= 4 is 5.91 Å². The summed E-state index contributed by atoms with van der Waals surface area (Å²) < 4.78 is 0. The smallest absolute Gasteiger partial charge is 0.222 e. The number of likely N-dealkylation sites (tertiary alicyclic amines) is 1. The molecule has 1 aliphatic heterocycles. The molecule has 2 N–H and O–H groups in total. The molecule has 1 saturated carbocycles. The average molecular weight is 475 g/mol. The van der Waals surface area contributed by atoms with Crippen LogP contribution in [0.25, 0.3) is 0 Å². The summed E-state index contributed by atoms with van der Waals surface area (Å²) in [7, 11) is 1.93. The van der Waals surface area contributed by atoms with Crippen molar-refractivity contribution in [1.82, 2.24) is 9.80 Å². The SMILES string of the molecule is C=CCN1CC[C@]23CC(N(C)C(=O)CCc4cccc(C)c4)CC[C@@]2(O)[C@H]1Cc1ccc(O)cc13. The molecule has 1 unspecified atom stereocenters. The van der Waals surface area contributed by atoms with Crippen molar-refractivity contribution in [1.29, 1.82) is 0 Å². The Labute approximate surface area is 209 Å². The molecule has 2 aromatic carbocycles. The number of carbonyl (C=O) groups excluding carboxylic acids is 1. The minimum atomic E-state index is -0.878. The van der Waals surface area contributed by atoms with E-state index in [1.165, 1.54) is 16.7 Å². The van der Waals surface area contributed by atoms with Gasteiger partial charge >= 0.3 is 0 Å². The van der Waals surface area contributed by atoms with Crippen molar-refractivity contribution in [2.24, 2.45) is 0 Å². The number of phenolic OH excluding ortho intramolecular Hbond substituents is 1. The second kappa shape index (κ2) is 9.11. The maximum atomic E-state index is 13.3. The monoisotopic (exact) mass is 474 g/mol. The Balaban J connectivity index is 1.41. The Hall–Kier alpha value is -2.63. The molecule has 2 aliphatic carbocycles. The van der Waals surface area contributed by atoms with E-state index in [9.17, 15) is 15.0 Å². The standard InChI is InChI=1S/C30H38N2O3/c1-4-15-32-16-14-29-20-24(31(3)28(34)11-8-22-7-5-6-21(2)17-22)12-13-30(29,35)27(32)18-23-9-10-25(33)19-26(23)29/h4-7,9-10,17,19,24,27,33,35H,1,8,11-16,18,20H2,2-3H3/t24?,27-,29-,30-/m1/s1. The Morgan fingerprint density at radius 3 is 2.86 bits per heavy atom. The third kappa shape index (κ3) is 3.99. The molecule has 5 nitrogen and oxygen atoms in total. The van der Waals surface area contributed by atoms with E-state index < -0.39 is 11.0 Å². The predicted molar refractivity (Wildman–Crippen MR) is 139 cm³/mol. The molecule has 3 aliphatic rings. The van der Waals surface area contributed by atoms with E-state index in [1.807, 2.05) is 36.2 Å². The molecule has 2 bridgehead atoms. The van der Waals surface area contributed by atoms with Gasteiger partial charge in [-0.15, -0.1) is 6.58 Å². The molecule has 5 heteroatoms. The summed E-state index contributed by atoms with van der Waals surface area (Å²) in [5.41, 5.74) is 3.36. The highest BCUT2D eigenvalue weighted by Crippen LogP contribution is 2.59. The number of amides is 1. The number of benzene rings is 2. The summed E-state index contributed by atoms with van der Waals surface area (Å²) in [6, 6.07) is 14.1. The lowest BCUT2D eigenvalue weighted by molar-refractivity contribution is -0.176. The Morgan fingerprint density at radius 2 is 2.09 bits per heavy atom. The van der Waals surface area contributed by atoms with Crippen LogP contribution in [0.3, 0.4) is 0 Å². The topological polar surface area (TPSA) is 64.0 Å². The number of aryl methyl sites for hydroxylation is 2. The molecule has 1 amide bonds. The number of fused-ring (bicyclic) bond motifs is 1. The van der Waals surface area contributed by atoms with Crippen LogP contribution in [0.1, 0.15) is 54.4 Å². The van der Waals surface area contributed by atoms with Crippen LogP contribution >= 0.6 is 0 Å². The number of hydrogen-bond acceptors (Lipinski definition) is 4. The van der Waals surface area contributed by atoms with Gasteiger partial charge in [0.2, 0.25) is 5.91 Å². The van der Waals surface area contributed by atoms with Crippen LogP contribution in [0.15, 0.2) is 55.1 Å². The molecule has 0 radical (unpaired) electrons. The van der Waals surface area contributed by atoms with E-state index in [1.54, 1.807) is 6.07 Å². The minimum Gasteiger partial charge on any atom is -0.508 e. The zero-order valence-electron chi connectivity index (χ0n) is 21.0. The van der Waals surface area contributed by atoms with Crippen LogP contribution in [0.4, 0.5) is 0 Å². The van der Waals surface area contributed by atoms with Gasteiger partial charge in [0, 0.05) is 37.5 Å². The van der Waals surface area contributed by atoms with Gasteiger partial charge in [0.25, 0.3) is 0 Å². The highest BCUT2D eigenvalue weighted by atomic mass is 16.3. The first-order valence-corrected chi connectivity index (χ1v) is 13.0. The van der Waals surface area contributed by atoms with Crippen molar-refractivity contribution in [3.63, 3.8) is 0 Å². The molecule has 0 spiro atoms. The lowest BCUT2D eigenvalue weighted by atomic mass is 9.48. The molecular weight excluding hydrogens is 436 g/mol. The van der Waals surface area contributed by atoms with Crippen molar-refractivity contribution in [3.8, 4) is 5.75 Å². The maximum Gasteiger partial charge on any atom is 0.222 e. The zero-order chi connectivity index (χ0) is 24.8. The third-order valence-electron chi connectivity index (χ3n) is 9.13. The molecule has 1 heterocycles. The van der Waals surface area contributed by atoms with Crippen LogP contribution in [0.2, 0.25) is 0 Å². The Bertz CT molecular complexity index is 1130. The van der Waals surface area contributed by atoms with E-state index in [0.717, 1.165) is 50.8 Å². The number of piperidine rings is 1. The molecule has 2 fully saturated rings. The van der Waals surface area contributed by atoms with Gasteiger partial charge in [0.15, 0.2) is 0 Å². The van der Waals surface area contributed by atoms with Crippen LogP contribution in [-0.2, 0) is 23.1 Å². The van der Waals surface area contributed by atoms with E-state index in [0.29, 0.717) is 12.8 Å².